The molecule has 0 saturated carbocycles. The van der Waals surface area contributed by atoms with Crippen molar-refractivity contribution in [3.8, 4) is 22.6 Å². The highest BCUT2D eigenvalue weighted by atomic mass is 35.5. The van der Waals surface area contributed by atoms with Gasteiger partial charge in [0.05, 0.1) is 18.5 Å². The van der Waals surface area contributed by atoms with Gasteiger partial charge in [-0.2, -0.15) is 0 Å². The number of halogens is 2. The number of carbonyl (C=O) groups is 1. The Bertz CT molecular complexity index is 1240. The molecule has 0 saturated heterocycles. The Hall–Kier alpha value is -3.25. The summed E-state index contributed by atoms with van der Waals surface area (Å²) in [5, 5.41) is 3.90. The first-order valence-electron chi connectivity index (χ1n) is 10.6. The normalized spacial score (nSPS) is 14.5. The van der Waals surface area contributed by atoms with Gasteiger partial charge in [-0.3, -0.25) is 4.79 Å². The number of methoxy groups -OCH3 is 1. The van der Waals surface area contributed by atoms with Crippen molar-refractivity contribution in [2.45, 2.75) is 32.9 Å². The summed E-state index contributed by atoms with van der Waals surface area (Å²) >= 11 is 6.17. The number of hydrogen-bond acceptors (Lipinski definition) is 4. The lowest BCUT2D eigenvalue weighted by molar-refractivity contribution is -0.121. The number of aryl methyl sites for hydroxylation is 1. The molecular formula is C26H26ClFN2O3. The third kappa shape index (κ3) is 4.23. The molecule has 0 fully saturated rings. The van der Waals surface area contributed by atoms with Gasteiger partial charge in [0.15, 0.2) is 0 Å². The number of amides is 1. The summed E-state index contributed by atoms with van der Waals surface area (Å²) in [6.45, 7) is 5.80. The molecule has 0 aromatic heterocycles. The third-order valence-corrected chi connectivity index (χ3v) is 6.12. The summed E-state index contributed by atoms with van der Waals surface area (Å²) < 4.78 is 25.6. The van der Waals surface area contributed by atoms with Crippen LogP contribution in [0.3, 0.4) is 0 Å². The zero-order valence-corrected chi connectivity index (χ0v) is 20.0. The molecule has 1 aliphatic rings. The largest absolute Gasteiger partial charge is 0.496 e. The number of rotatable bonds is 5. The molecule has 0 bridgehead atoms. The molecule has 0 spiro atoms. The zero-order valence-electron chi connectivity index (χ0n) is 19.3. The van der Waals surface area contributed by atoms with Crippen molar-refractivity contribution in [3.63, 3.8) is 0 Å². The van der Waals surface area contributed by atoms with E-state index < -0.39 is 11.4 Å². The summed E-state index contributed by atoms with van der Waals surface area (Å²) in [7, 11) is 3.26. The Morgan fingerprint density at radius 2 is 1.79 bits per heavy atom. The van der Waals surface area contributed by atoms with Gasteiger partial charge in [0.1, 0.15) is 29.5 Å². The number of benzene rings is 3. The zero-order chi connectivity index (χ0) is 23.9. The molecule has 7 heteroatoms. The summed E-state index contributed by atoms with van der Waals surface area (Å²) in [5.74, 6) is 0.582. The molecule has 0 radical (unpaired) electrons. The number of fused-ring (bicyclic) bond motifs is 1. The molecule has 0 atom stereocenters. The number of carbonyl (C=O) groups excluding carboxylic acids is 1. The lowest BCUT2D eigenvalue weighted by Crippen LogP contribution is -2.52. The van der Waals surface area contributed by atoms with Crippen molar-refractivity contribution in [2.24, 2.45) is 0 Å². The summed E-state index contributed by atoms with van der Waals surface area (Å²) in [6, 6.07) is 13.7. The second kappa shape index (κ2) is 8.60. The predicted octanol–water partition coefficient (Wildman–Crippen LogP) is 6.21. The molecule has 33 heavy (non-hydrogen) atoms. The summed E-state index contributed by atoms with van der Waals surface area (Å²) in [6.07, 6.45) is 0. The topological polar surface area (TPSA) is 50.8 Å². The standard InChI is InChI=1S/C26H26ClFN2O3/c1-15-6-7-16(27)12-22(15)33-14-20-18(19-9-8-17(28)13-23(19)32-5)10-11-21-24(20)30(4)25(31)26(2,3)29-21/h6-13,29H,14H2,1-5H3. The van der Waals surface area contributed by atoms with Crippen LogP contribution < -0.4 is 19.7 Å². The minimum atomic E-state index is -0.751. The van der Waals surface area contributed by atoms with Crippen molar-refractivity contribution in [1.82, 2.24) is 0 Å². The molecule has 1 aliphatic heterocycles. The van der Waals surface area contributed by atoms with E-state index in [9.17, 15) is 9.18 Å². The van der Waals surface area contributed by atoms with Crippen molar-refractivity contribution in [3.05, 3.63) is 70.5 Å². The van der Waals surface area contributed by atoms with E-state index in [-0.39, 0.29) is 12.5 Å². The second-order valence-corrected chi connectivity index (χ2v) is 9.08. The highest BCUT2D eigenvalue weighted by Crippen LogP contribution is 2.44. The first-order valence-corrected chi connectivity index (χ1v) is 10.9. The second-order valence-electron chi connectivity index (χ2n) is 8.65. The highest BCUT2D eigenvalue weighted by molar-refractivity contribution is 6.30. The van der Waals surface area contributed by atoms with Gasteiger partial charge in [-0.05, 0) is 62.2 Å². The molecule has 1 heterocycles. The van der Waals surface area contributed by atoms with E-state index in [2.05, 4.69) is 5.32 Å². The maximum Gasteiger partial charge on any atom is 0.251 e. The van der Waals surface area contributed by atoms with Crippen LogP contribution in [0.25, 0.3) is 11.1 Å². The van der Waals surface area contributed by atoms with Crippen LogP contribution in [-0.4, -0.2) is 25.6 Å². The van der Waals surface area contributed by atoms with E-state index in [0.717, 1.165) is 22.4 Å². The Balaban J connectivity index is 1.89. The maximum atomic E-state index is 13.9. The lowest BCUT2D eigenvalue weighted by Gasteiger charge is -2.39. The van der Waals surface area contributed by atoms with Crippen LogP contribution >= 0.6 is 11.6 Å². The summed E-state index contributed by atoms with van der Waals surface area (Å²) in [5.41, 5.74) is 3.97. The van der Waals surface area contributed by atoms with Crippen molar-refractivity contribution < 1.29 is 18.7 Å². The van der Waals surface area contributed by atoms with Crippen molar-refractivity contribution in [2.75, 3.05) is 24.4 Å². The predicted molar refractivity (Wildman–Crippen MR) is 130 cm³/mol. The van der Waals surface area contributed by atoms with Gasteiger partial charge in [0, 0.05) is 29.3 Å². The van der Waals surface area contributed by atoms with Gasteiger partial charge in [-0.1, -0.05) is 23.7 Å². The quantitative estimate of drug-likeness (QED) is 0.483. The Labute approximate surface area is 198 Å². The number of nitrogens with zero attached hydrogens (tertiary/aromatic N) is 1. The molecular weight excluding hydrogens is 443 g/mol. The average molecular weight is 469 g/mol. The van der Waals surface area contributed by atoms with Gasteiger partial charge >= 0.3 is 0 Å². The first kappa shape index (κ1) is 22.9. The van der Waals surface area contributed by atoms with Gasteiger partial charge < -0.3 is 19.7 Å². The van der Waals surface area contributed by atoms with Crippen LogP contribution in [-0.2, 0) is 11.4 Å². The van der Waals surface area contributed by atoms with Gasteiger partial charge in [0.2, 0.25) is 0 Å². The molecule has 172 valence electrons. The van der Waals surface area contributed by atoms with Crippen molar-refractivity contribution in [1.29, 1.82) is 0 Å². The number of hydrogen-bond donors (Lipinski definition) is 1. The van der Waals surface area contributed by atoms with E-state index in [4.69, 9.17) is 21.1 Å². The van der Waals surface area contributed by atoms with Crippen LogP contribution in [0.15, 0.2) is 48.5 Å². The van der Waals surface area contributed by atoms with Crippen molar-refractivity contribution >= 4 is 28.9 Å². The Morgan fingerprint density at radius 1 is 1.06 bits per heavy atom. The van der Waals surface area contributed by atoms with Crippen LogP contribution in [0.4, 0.5) is 15.8 Å². The fraction of sp³-hybridized carbons (Fsp3) is 0.269. The molecule has 4 rings (SSSR count). The lowest BCUT2D eigenvalue weighted by atomic mass is 9.92. The molecule has 1 N–H and O–H groups in total. The fourth-order valence-electron chi connectivity index (χ4n) is 4.20. The van der Waals surface area contributed by atoms with E-state index in [1.807, 2.05) is 39.0 Å². The molecule has 0 aliphatic carbocycles. The minimum absolute atomic E-state index is 0.0709. The smallest absolute Gasteiger partial charge is 0.251 e. The van der Waals surface area contributed by atoms with E-state index in [1.165, 1.54) is 19.2 Å². The van der Waals surface area contributed by atoms with E-state index >= 15 is 0 Å². The molecule has 0 unspecified atom stereocenters. The molecule has 3 aromatic rings. The Morgan fingerprint density at radius 3 is 2.52 bits per heavy atom. The monoisotopic (exact) mass is 468 g/mol. The fourth-order valence-corrected chi connectivity index (χ4v) is 4.36. The molecule has 5 nitrogen and oxygen atoms in total. The number of ether oxygens (including phenoxy) is 2. The maximum absolute atomic E-state index is 13.9. The van der Waals surface area contributed by atoms with Crippen LogP contribution in [0.5, 0.6) is 11.5 Å². The van der Waals surface area contributed by atoms with Gasteiger partial charge in [-0.15, -0.1) is 0 Å². The number of anilines is 2. The first-order chi connectivity index (χ1) is 15.6. The summed E-state index contributed by atoms with van der Waals surface area (Å²) in [4.78, 5) is 14.7. The highest BCUT2D eigenvalue weighted by Gasteiger charge is 2.38. The number of nitrogens with one attached hydrogen (secondary N) is 1. The van der Waals surface area contributed by atoms with Crippen LogP contribution in [0.2, 0.25) is 5.02 Å². The van der Waals surface area contributed by atoms with E-state index in [0.29, 0.717) is 27.8 Å². The van der Waals surface area contributed by atoms with Gasteiger partial charge in [0.25, 0.3) is 5.91 Å². The van der Waals surface area contributed by atoms with Gasteiger partial charge in [-0.25, -0.2) is 4.39 Å². The van der Waals surface area contributed by atoms with Crippen LogP contribution in [0, 0.1) is 12.7 Å². The molecule has 1 amide bonds. The average Bonchev–Trinajstić information content (AvgIpc) is 2.77. The van der Waals surface area contributed by atoms with E-state index in [1.54, 1.807) is 30.1 Å². The van der Waals surface area contributed by atoms with Crippen LogP contribution in [0.1, 0.15) is 25.0 Å². The third-order valence-electron chi connectivity index (χ3n) is 5.88. The SMILES string of the molecule is COc1cc(F)ccc1-c1ccc2c(c1COc1cc(Cl)ccc1C)N(C)C(=O)C(C)(C)N2. The number of likely N-dealkylation sites (N-methyl/N-ethyl adjacent to an activating group) is 1. The Kier molecular flexibility index (Phi) is 5.97. The molecule has 3 aromatic carbocycles. The minimum Gasteiger partial charge on any atom is -0.496 e.